The van der Waals surface area contributed by atoms with Gasteiger partial charge in [0.15, 0.2) is 0 Å². The molecule has 0 saturated heterocycles. The highest BCUT2D eigenvalue weighted by atomic mass is 32.2. The summed E-state index contributed by atoms with van der Waals surface area (Å²) < 4.78 is 0. The molecular formula is C13H23N3S. The molecule has 0 fully saturated rings. The van der Waals surface area contributed by atoms with Gasteiger partial charge >= 0.3 is 0 Å². The van der Waals surface area contributed by atoms with E-state index in [4.69, 9.17) is 5.73 Å². The van der Waals surface area contributed by atoms with Crippen molar-refractivity contribution < 1.29 is 0 Å². The van der Waals surface area contributed by atoms with E-state index in [0.717, 1.165) is 11.4 Å². The van der Waals surface area contributed by atoms with Crippen molar-refractivity contribution in [3.05, 3.63) is 29.6 Å². The van der Waals surface area contributed by atoms with Crippen molar-refractivity contribution in [2.75, 3.05) is 25.6 Å². The molecule has 96 valence electrons. The maximum absolute atomic E-state index is 5.90. The second-order valence-electron chi connectivity index (χ2n) is 4.45. The molecule has 2 N–H and O–H groups in total. The first-order chi connectivity index (χ1) is 8.10. The Balaban J connectivity index is 2.79. The van der Waals surface area contributed by atoms with Gasteiger partial charge in [-0.15, -0.1) is 0 Å². The molecule has 0 aromatic carbocycles. The van der Waals surface area contributed by atoms with E-state index in [9.17, 15) is 0 Å². The van der Waals surface area contributed by atoms with Gasteiger partial charge < -0.3 is 5.73 Å². The lowest BCUT2D eigenvalue weighted by molar-refractivity contribution is 0.204. The summed E-state index contributed by atoms with van der Waals surface area (Å²) in [4.78, 5) is 6.68. The summed E-state index contributed by atoms with van der Waals surface area (Å²) in [6.45, 7) is 4.86. The van der Waals surface area contributed by atoms with E-state index < -0.39 is 0 Å². The number of aromatic nitrogens is 1. The van der Waals surface area contributed by atoms with Gasteiger partial charge in [-0.3, -0.25) is 9.88 Å². The number of nitrogens with two attached hydrogens (primary N) is 1. The lowest BCUT2D eigenvalue weighted by atomic mass is 10.1. The summed E-state index contributed by atoms with van der Waals surface area (Å²) in [7, 11) is 2.14. The van der Waals surface area contributed by atoms with Crippen molar-refractivity contribution in [3.63, 3.8) is 0 Å². The van der Waals surface area contributed by atoms with Gasteiger partial charge in [-0.2, -0.15) is 11.8 Å². The summed E-state index contributed by atoms with van der Waals surface area (Å²) in [6, 6.07) is 4.94. The second-order valence-corrected chi connectivity index (χ2v) is 5.36. The highest BCUT2D eigenvalue weighted by molar-refractivity contribution is 7.98. The monoisotopic (exact) mass is 253 g/mol. The standard InChI is InChI=1S/C13H23N3S/c1-10-5-6-12(8-15-10)13(7-14)16(3)11(2)9-17-4/h5-6,8,11,13H,7,9,14H2,1-4H3. The Morgan fingerprint density at radius 1 is 1.47 bits per heavy atom. The molecule has 2 unspecified atom stereocenters. The summed E-state index contributed by atoms with van der Waals surface area (Å²) in [5, 5.41) is 0. The Kier molecular flexibility index (Phi) is 5.95. The number of hydrogen-bond donors (Lipinski definition) is 1. The fraction of sp³-hybridized carbons (Fsp3) is 0.615. The van der Waals surface area contributed by atoms with E-state index in [1.54, 1.807) is 0 Å². The number of aryl methyl sites for hydroxylation is 1. The molecule has 0 radical (unpaired) electrons. The van der Waals surface area contributed by atoms with Crippen LogP contribution >= 0.6 is 11.8 Å². The van der Waals surface area contributed by atoms with Crippen molar-refractivity contribution in [2.24, 2.45) is 5.73 Å². The Bertz CT molecular complexity index is 326. The zero-order chi connectivity index (χ0) is 12.8. The van der Waals surface area contributed by atoms with Gasteiger partial charge in [-0.25, -0.2) is 0 Å². The molecule has 2 atom stereocenters. The maximum atomic E-state index is 5.90. The Labute approximate surface area is 109 Å². The number of pyridine rings is 1. The lowest BCUT2D eigenvalue weighted by Crippen LogP contribution is -2.38. The van der Waals surface area contributed by atoms with Crippen LogP contribution in [0.3, 0.4) is 0 Å². The second kappa shape index (κ2) is 6.99. The zero-order valence-corrected chi connectivity index (χ0v) is 12.0. The summed E-state index contributed by atoms with van der Waals surface area (Å²) >= 11 is 1.87. The molecule has 0 aliphatic heterocycles. The number of likely N-dealkylation sites (N-methyl/N-ethyl adjacent to an activating group) is 1. The Morgan fingerprint density at radius 2 is 2.18 bits per heavy atom. The van der Waals surface area contributed by atoms with E-state index in [1.165, 1.54) is 5.56 Å². The minimum atomic E-state index is 0.255. The summed E-state index contributed by atoms with van der Waals surface area (Å²) in [6.07, 6.45) is 4.07. The van der Waals surface area contributed by atoms with Crippen LogP contribution in [-0.2, 0) is 0 Å². The van der Waals surface area contributed by atoms with Crippen LogP contribution in [0.4, 0.5) is 0 Å². The predicted octanol–water partition coefficient (Wildman–Crippen LogP) is 2.07. The van der Waals surface area contributed by atoms with E-state index in [-0.39, 0.29) is 6.04 Å². The van der Waals surface area contributed by atoms with Gasteiger partial charge in [0, 0.05) is 36.3 Å². The van der Waals surface area contributed by atoms with Gasteiger partial charge in [0.1, 0.15) is 0 Å². The molecule has 0 bridgehead atoms. The van der Waals surface area contributed by atoms with Crippen molar-refractivity contribution >= 4 is 11.8 Å². The minimum absolute atomic E-state index is 0.255. The average molecular weight is 253 g/mol. The van der Waals surface area contributed by atoms with E-state index >= 15 is 0 Å². The lowest BCUT2D eigenvalue weighted by Gasteiger charge is -2.32. The Morgan fingerprint density at radius 3 is 2.65 bits per heavy atom. The molecule has 1 aromatic rings. The summed E-state index contributed by atoms with van der Waals surface area (Å²) in [5.74, 6) is 1.12. The Hall–Kier alpha value is -0.580. The van der Waals surface area contributed by atoms with Crippen LogP contribution in [0.2, 0.25) is 0 Å². The van der Waals surface area contributed by atoms with Crippen molar-refractivity contribution in [1.29, 1.82) is 0 Å². The van der Waals surface area contributed by atoms with Crippen LogP contribution in [0, 0.1) is 6.92 Å². The summed E-state index contributed by atoms with van der Waals surface area (Å²) in [5.41, 5.74) is 8.15. The van der Waals surface area contributed by atoms with Gasteiger partial charge in [0.25, 0.3) is 0 Å². The van der Waals surface area contributed by atoms with Crippen molar-refractivity contribution in [2.45, 2.75) is 25.9 Å². The molecular weight excluding hydrogens is 230 g/mol. The third-order valence-electron chi connectivity index (χ3n) is 3.14. The van der Waals surface area contributed by atoms with Crippen LogP contribution in [0.25, 0.3) is 0 Å². The van der Waals surface area contributed by atoms with Gasteiger partial charge in [0.05, 0.1) is 0 Å². The molecule has 1 heterocycles. The molecule has 4 heteroatoms. The van der Waals surface area contributed by atoms with E-state index in [0.29, 0.717) is 12.6 Å². The fourth-order valence-corrected chi connectivity index (χ4v) is 2.60. The van der Waals surface area contributed by atoms with E-state index in [1.807, 2.05) is 30.9 Å². The molecule has 0 aliphatic rings. The predicted molar refractivity (Wildman–Crippen MR) is 76.4 cm³/mol. The molecule has 1 rings (SSSR count). The van der Waals surface area contributed by atoms with Gasteiger partial charge in [0.2, 0.25) is 0 Å². The maximum Gasteiger partial charge on any atom is 0.0485 e. The van der Waals surface area contributed by atoms with Crippen LogP contribution in [0.1, 0.15) is 24.2 Å². The smallest absolute Gasteiger partial charge is 0.0485 e. The van der Waals surface area contributed by atoms with Crippen molar-refractivity contribution in [3.8, 4) is 0 Å². The largest absolute Gasteiger partial charge is 0.329 e. The van der Waals surface area contributed by atoms with Crippen LogP contribution in [0.5, 0.6) is 0 Å². The first-order valence-electron chi connectivity index (χ1n) is 5.93. The minimum Gasteiger partial charge on any atom is -0.329 e. The van der Waals surface area contributed by atoms with E-state index in [2.05, 4.69) is 36.2 Å². The third kappa shape index (κ3) is 3.98. The van der Waals surface area contributed by atoms with Crippen molar-refractivity contribution in [1.82, 2.24) is 9.88 Å². The molecule has 0 aliphatic carbocycles. The first-order valence-corrected chi connectivity index (χ1v) is 7.33. The normalized spacial score (nSPS) is 14.9. The third-order valence-corrected chi connectivity index (χ3v) is 3.95. The average Bonchev–Trinajstić information content (AvgIpc) is 2.32. The SMILES string of the molecule is CSCC(C)N(C)C(CN)c1ccc(C)nc1. The number of rotatable bonds is 6. The van der Waals surface area contributed by atoms with Crippen LogP contribution in [0.15, 0.2) is 18.3 Å². The van der Waals surface area contributed by atoms with Gasteiger partial charge in [-0.1, -0.05) is 6.07 Å². The number of thioether (sulfide) groups is 1. The molecule has 3 nitrogen and oxygen atoms in total. The zero-order valence-electron chi connectivity index (χ0n) is 11.2. The molecule has 0 spiro atoms. The first kappa shape index (κ1) is 14.5. The van der Waals surface area contributed by atoms with Crippen LogP contribution < -0.4 is 5.73 Å². The molecule has 17 heavy (non-hydrogen) atoms. The van der Waals surface area contributed by atoms with Crippen LogP contribution in [-0.4, -0.2) is 41.5 Å². The molecule has 1 aromatic heterocycles. The number of nitrogens with zero attached hydrogens (tertiary/aromatic N) is 2. The quantitative estimate of drug-likeness (QED) is 0.843. The molecule has 0 amide bonds. The fourth-order valence-electron chi connectivity index (χ4n) is 1.88. The highest BCUT2D eigenvalue weighted by Gasteiger charge is 2.20. The topological polar surface area (TPSA) is 42.1 Å². The highest BCUT2D eigenvalue weighted by Crippen LogP contribution is 2.21. The molecule has 0 saturated carbocycles. The van der Waals surface area contributed by atoms with Gasteiger partial charge in [-0.05, 0) is 38.8 Å². The number of hydrogen-bond acceptors (Lipinski definition) is 4.